The summed E-state index contributed by atoms with van der Waals surface area (Å²) >= 11 is 13.3. The number of anilines is 1. The van der Waals surface area contributed by atoms with Crippen LogP contribution in [0.2, 0.25) is 10.0 Å². The lowest BCUT2D eigenvalue weighted by Gasteiger charge is -2.39. The van der Waals surface area contributed by atoms with Gasteiger partial charge >= 0.3 is 0 Å². The van der Waals surface area contributed by atoms with Crippen LogP contribution in [0.5, 0.6) is 5.75 Å². The summed E-state index contributed by atoms with van der Waals surface area (Å²) in [6.07, 6.45) is 1.32. The number of rotatable bonds is 7. The molecule has 4 rings (SSSR count). The highest BCUT2D eigenvalue weighted by molar-refractivity contribution is 7.93. The molecule has 0 saturated carbocycles. The molecule has 186 valence electrons. The molecule has 0 aliphatic carbocycles. The Morgan fingerprint density at radius 1 is 1.20 bits per heavy atom. The summed E-state index contributed by atoms with van der Waals surface area (Å²) in [5, 5.41) is 13.7. The molecule has 1 saturated heterocycles. The average molecular weight is 556 g/mol. The zero-order chi connectivity index (χ0) is 25.2. The monoisotopic (exact) mass is 555 g/mol. The van der Waals surface area contributed by atoms with Gasteiger partial charge in [-0.15, -0.1) is 11.3 Å². The molecule has 0 spiro atoms. The van der Waals surface area contributed by atoms with E-state index in [1.165, 1.54) is 29.7 Å². The molecule has 1 aromatic heterocycles. The van der Waals surface area contributed by atoms with E-state index in [4.69, 9.17) is 27.9 Å². The van der Waals surface area contributed by atoms with Gasteiger partial charge in [-0.1, -0.05) is 41.4 Å². The Labute approximate surface area is 217 Å². The second kappa shape index (κ2) is 10.3. The predicted octanol–water partition coefficient (Wildman–Crippen LogP) is 4.53. The largest absolute Gasteiger partial charge is 0.479 e. The zero-order valence-corrected chi connectivity index (χ0v) is 21.8. The summed E-state index contributed by atoms with van der Waals surface area (Å²) in [6, 6.07) is 11.1. The van der Waals surface area contributed by atoms with Crippen LogP contribution in [0.3, 0.4) is 0 Å². The van der Waals surface area contributed by atoms with Crippen molar-refractivity contribution in [1.29, 1.82) is 0 Å². The Balaban J connectivity index is 1.38. The summed E-state index contributed by atoms with van der Waals surface area (Å²) in [4.78, 5) is 18.5. The van der Waals surface area contributed by atoms with Crippen LogP contribution in [0, 0.1) is 0 Å². The third kappa shape index (κ3) is 5.73. The summed E-state index contributed by atoms with van der Waals surface area (Å²) in [6.45, 7) is 2.27. The van der Waals surface area contributed by atoms with Crippen molar-refractivity contribution >= 4 is 55.6 Å². The molecule has 35 heavy (non-hydrogen) atoms. The molecule has 2 N–H and O–H groups in total. The Morgan fingerprint density at radius 3 is 2.51 bits per heavy atom. The number of benzene rings is 2. The molecule has 1 atom stereocenters. The summed E-state index contributed by atoms with van der Waals surface area (Å²) in [5.41, 5.74) is -0.588. The maximum Gasteiger partial charge on any atom is 0.263 e. The number of halogens is 2. The first kappa shape index (κ1) is 25.7. The van der Waals surface area contributed by atoms with Gasteiger partial charge in [-0.25, -0.2) is 13.4 Å². The first-order valence-electron chi connectivity index (χ1n) is 10.7. The minimum absolute atomic E-state index is 0.0679. The molecule has 2 heterocycles. The van der Waals surface area contributed by atoms with Gasteiger partial charge in [0.05, 0.1) is 15.5 Å². The van der Waals surface area contributed by atoms with Gasteiger partial charge in [0.25, 0.3) is 15.9 Å². The Kier molecular flexibility index (Phi) is 7.58. The molecule has 8 nitrogen and oxygen atoms in total. The molecular formula is C23H23Cl2N3O5S2. The predicted molar refractivity (Wildman–Crippen MR) is 136 cm³/mol. The van der Waals surface area contributed by atoms with Crippen molar-refractivity contribution in [3.05, 3.63) is 69.7 Å². The van der Waals surface area contributed by atoms with Gasteiger partial charge in [0.15, 0.2) is 11.2 Å². The van der Waals surface area contributed by atoms with E-state index in [2.05, 4.69) is 9.71 Å². The number of nitrogens with zero attached hydrogens (tertiary/aromatic N) is 2. The van der Waals surface area contributed by atoms with Crippen LogP contribution in [-0.2, 0) is 20.4 Å². The lowest BCUT2D eigenvalue weighted by Crippen LogP contribution is -2.49. The van der Waals surface area contributed by atoms with Crippen molar-refractivity contribution in [3.8, 4) is 5.75 Å². The Hall–Kier alpha value is -2.37. The quantitative estimate of drug-likeness (QED) is 0.443. The van der Waals surface area contributed by atoms with Crippen molar-refractivity contribution < 1.29 is 23.1 Å². The maximum atomic E-state index is 12.9. The van der Waals surface area contributed by atoms with Crippen molar-refractivity contribution in [2.45, 2.75) is 36.4 Å². The van der Waals surface area contributed by atoms with Crippen molar-refractivity contribution in [1.82, 2.24) is 9.88 Å². The molecule has 12 heteroatoms. The minimum atomic E-state index is -3.78. The van der Waals surface area contributed by atoms with Crippen LogP contribution in [0.25, 0.3) is 0 Å². The van der Waals surface area contributed by atoms with Crippen molar-refractivity contribution in [2.24, 2.45) is 0 Å². The lowest BCUT2D eigenvalue weighted by atomic mass is 9.84. The normalized spacial score (nSPS) is 16.5. The number of carbonyl (C=O) groups excluding carboxylic acids is 1. The standard InChI is InChI=1S/C23H23Cl2N3O5S2/c1-15(33-19-4-2-3-18(24)20(19)25)21(29)28-12-9-23(30,10-13-28)16-5-7-17(8-6-16)35(31,32)27-22-26-11-14-34-22/h2-8,11,14-15,30H,9-10,12-13H2,1H3,(H,26,27)/t15-/m0/s1. The van der Waals surface area contributed by atoms with Crippen molar-refractivity contribution in [2.75, 3.05) is 17.8 Å². The van der Waals surface area contributed by atoms with Crippen molar-refractivity contribution in [3.63, 3.8) is 0 Å². The minimum Gasteiger partial charge on any atom is -0.479 e. The topological polar surface area (TPSA) is 109 Å². The van der Waals surface area contributed by atoms with E-state index < -0.39 is 21.7 Å². The molecule has 1 aliphatic heterocycles. The van der Waals surface area contributed by atoms with E-state index in [1.54, 1.807) is 47.5 Å². The third-order valence-corrected chi connectivity index (χ3v) is 8.80. The molecule has 1 amide bonds. The number of piperidine rings is 1. The first-order chi connectivity index (χ1) is 16.6. The second-order valence-corrected chi connectivity index (χ2v) is 11.5. The van der Waals surface area contributed by atoms with Crippen LogP contribution in [0.1, 0.15) is 25.3 Å². The SMILES string of the molecule is C[C@H](Oc1cccc(Cl)c1Cl)C(=O)N1CCC(O)(c2ccc(S(=O)(=O)Nc3nccs3)cc2)CC1. The van der Waals surface area contributed by atoms with Gasteiger partial charge in [-0.05, 0) is 49.6 Å². The highest BCUT2D eigenvalue weighted by Gasteiger charge is 2.37. The Morgan fingerprint density at radius 2 is 1.89 bits per heavy atom. The van der Waals surface area contributed by atoms with E-state index in [0.29, 0.717) is 42.3 Å². The number of sulfonamides is 1. The van der Waals surface area contributed by atoms with Crippen LogP contribution >= 0.6 is 34.5 Å². The number of nitrogens with one attached hydrogen (secondary N) is 1. The maximum absolute atomic E-state index is 12.9. The average Bonchev–Trinajstić information content (AvgIpc) is 3.34. The molecule has 0 bridgehead atoms. The fourth-order valence-electron chi connectivity index (χ4n) is 3.85. The van der Waals surface area contributed by atoms with Gasteiger partial charge < -0.3 is 14.7 Å². The number of aromatic nitrogens is 1. The summed E-state index contributed by atoms with van der Waals surface area (Å²) in [7, 11) is -3.78. The first-order valence-corrected chi connectivity index (χ1v) is 13.9. The molecule has 3 aromatic rings. The second-order valence-electron chi connectivity index (χ2n) is 8.14. The van der Waals surface area contributed by atoms with E-state index >= 15 is 0 Å². The highest BCUT2D eigenvalue weighted by Crippen LogP contribution is 2.35. The van der Waals surface area contributed by atoms with Gasteiger partial charge in [-0.2, -0.15) is 0 Å². The molecule has 1 aliphatic rings. The van der Waals surface area contributed by atoms with E-state index in [9.17, 15) is 18.3 Å². The number of ether oxygens (including phenoxy) is 1. The molecule has 2 aromatic carbocycles. The van der Waals surface area contributed by atoms with E-state index in [0.717, 1.165) is 0 Å². The smallest absolute Gasteiger partial charge is 0.263 e. The molecule has 1 fully saturated rings. The van der Waals surface area contributed by atoms with Gasteiger partial charge in [0, 0.05) is 24.7 Å². The number of likely N-dealkylation sites (tertiary alicyclic amines) is 1. The number of carbonyl (C=O) groups is 1. The van der Waals surface area contributed by atoms with E-state index in [1.807, 2.05) is 0 Å². The van der Waals surface area contributed by atoms with Gasteiger partial charge in [0.1, 0.15) is 10.8 Å². The number of hydrogen-bond donors (Lipinski definition) is 2. The van der Waals surface area contributed by atoms with Crippen LogP contribution in [-0.4, -0.2) is 48.5 Å². The summed E-state index contributed by atoms with van der Waals surface area (Å²) in [5.74, 6) is 0.103. The molecule has 0 unspecified atom stereocenters. The summed E-state index contributed by atoms with van der Waals surface area (Å²) < 4.78 is 33.2. The highest BCUT2D eigenvalue weighted by atomic mass is 35.5. The fourth-order valence-corrected chi connectivity index (χ4v) is 5.98. The Bertz CT molecular complexity index is 1290. The lowest BCUT2D eigenvalue weighted by molar-refractivity contribution is -0.142. The van der Waals surface area contributed by atoms with Crippen LogP contribution in [0.4, 0.5) is 5.13 Å². The number of hydrogen-bond acceptors (Lipinski definition) is 7. The third-order valence-electron chi connectivity index (χ3n) is 5.83. The number of thiazole rings is 1. The van der Waals surface area contributed by atoms with Gasteiger partial charge in [0.2, 0.25) is 0 Å². The number of aliphatic hydroxyl groups is 1. The zero-order valence-electron chi connectivity index (χ0n) is 18.6. The van der Waals surface area contributed by atoms with Gasteiger partial charge in [-0.3, -0.25) is 9.52 Å². The molecular weight excluding hydrogens is 533 g/mol. The molecule has 0 radical (unpaired) electrons. The van der Waals surface area contributed by atoms with Crippen LogP contribution < -0.4 is 9.46 Å². The van der Waals surface area contributed by atoms with Crippen LogP contribution in [0.15, 0.2) is 58.9 Å². The number of amides is 1. The van der Waals surface area contributed by atoms with E-state index in [-0.39, 0.29) is 21.0 Å². The fraction of sp³-hybridized carbons (Fsp3) is 0.304.